The van der Waals surface area contributed by atoms with E-state index in [1.807, 2.05) is 0 Å². The van der Waals surface area contributed by atoms with Crippen LogP contribution in [0.1, 0.15) is 20.8 Å². The molecule has 0 aromatic rings. The molecule has 0 unspecified atom stereocenters. The maximum Gasteiger partial charge on any atom is 0.334 e. The number of esters is 2. The van der Waals surface area contributed by atoms with Crippen LogP contribution in [0.5, 0.6) is 0 Å². The molecule has 0 fully saturated rings. The molecular formula is C10H16O5. The zero-order chi connectivity index (χ0) is 12.1. The predicted octanol–water partition coefficient (Wildman–Crippen LogP) is 1.03. The van der Waals surface area contributed by atoms with Crippen LogP contribution in [-0.4, -0.2) is 31.8 Å². The number of methoxy groups -OCH3 is 2. The van der Waals surface area contributed by atoms with Crippen molar-refractivity contribution in [2.75, 3.05) is 14.2 Å². The average molecular weight is 216 g/mol. The Labute approximate surface area is 89.0 Å². The van der Waals surface area contributed by atoms with Crippen LogP contribution < -0.4 is 0 Å². The Bertz CT molecular complexity index is 278. The van der Waals surface area contributed by atoms with Crippen molar-refractivity contribution >= 4 is 11.9 Å². The molecule has 0 saturated carbocycles. The summed E-state index contributed by atoms with van der Waals surface area (Å²) in [6, 6.07) is 0. The summed E-state index contributed by atoms with van der Waals surface area (Å²) in [6.45, 7) is 4.52. The topological polar surface area (TPSA) is 61.8 Å². The maximum atomic E-state index is 11.0. The van der Waals surface area contributed by atoms with E-state index in [9.17, 15) is 9.59 Å². The van der Waals surface area contributed by atoms with Crippen LogP contribution in [0, 0.1) is 0 Å². The molecule has 0 aliphatic rings. The highest BCUT2D eigenvalue weighted by Gasteiger charge is 2.28. The Kier molecular flexibility index (Phi) is 4.84. The summed E-state index contributed by atoms with van der Waals surface area (Å²) >= 11 is 0. The van der Waals surface area contributed by atoms with Crippen molar-refractivity contribution in [3.05, 3.63) is 11.8 Å². The van der Waals surface area contributed by atoms with Crippen LogP contribution in [0.15, 0.2) is 11.8 Å². The van der Waals surface area contributed by atoms with E-state index in [4.69, 9.17) is 9.47 Å². The van der Waals surface area contributed by atoms with E-state index in [0.717, 1.165) is 6.08 Å². The van der Waals surface area contributed by atoms with Crippen molar-refractivity contribution in [3.63, 3.8) is 0 Å². The highest BCUT2D eigenvalue weighted by atomic mass is 16.6. The molecule has 0 saturated heterocycles. The monoisotopic (exact) mass is 216 g/mol. The van der Waals surface area contributed by atoms with Crippen molar-refractivity contribution in [2.24, 2.45) is 0 Å². The fourth-order valence-corrected chi connectivity index (χ4v) is 1.05. The highest BCUT2D eigenvalue weighted by Crippen LogP contribution is 2.21. The lowest BCUT2D eigenvalue weighted by Crippen LogP contribution is -2.31. The van der Waals surface area contributed by atoms with E-state index in [2.05, 4.69) is 4.74 Å². The minimum atomic E-state index is -0.991. The van der Waals surface area contributed by atoms with Gasteiger partial charge >= 0.3 is 11.9 Å². The molecule has 0 rings (SSSR count). The molecule has 5 heteroatoms. The minimum absolute atomic E-state index is 0.226. The van der Waals surface area contributed by atoms with Gasteiger partial charge in [0.05, 0.1) is 20.3 Å². The molecule has 0 bridgehead atoms. The number of carbonyl (C=O) groups excluding carboxylic acids is 2. The summed E-state index contributed by atoms with van der Waals surface area (Å²) < 4.78 is 14.4. The molecule has 15 heavy (non-hydrogen) atoms. The van der Waals surface area contributed by atoms with Crippen LogP contribution in [0.4, 0.5) is 0 Å². The van der Waals surface area contributed by atoms with Gasteiger partial charge in [0, 0.05) is 6.92 Å². The first-order valence-corrected chi connectivity index (χ1v) is 4.37. The Hall–Kier alpha value is -1.52. The summed E-state index contributed by atoms with van der Waals surface area (Å²) in [5.74, 6) is -0.788. The SMILES string of the molecule is COC(=O)/C=C(\OC)C(C)(C)OC(C)=O. The molecule has 0 heterocycles. The van der Waals surface area contributed by atoms with Gasteiger partial charge in [-0.3, -0.25) is 4.79 Å². The molecule has 0 aliphatic carbocycles. The first-order chi connectivity index (χ1) is 6.83. The summed E-state index contributed by atoms with van der Waals surface area (Å²) in [6.07, 6.45) is 1.14. The second-order valence-corrected chi connectivity index (χ2v) is 3.34. The summed E-state index contributed by atoms with van der Waals surface area (Å²) in [5.41, 5.74) is -0.991. The summed E-state index contributed by atoms with van der Waals surface area (Å²) in [5, 5.41) is 0. The van der Waals surface area contributed by atoms with Crippen LogP contribution in [0.25, 0.3) is 0 Å². The lowest BCUT2D eigenvalue weighted by atomic mass is 10.1. The Balaban J connectivity index is 4.86. The Morgan fingerprint density at radius 2 is 1.67 bits per heavy atom. The van der Waals surface area contributed by atoms with E-state index < -0.39 is 17.5 Å². The van der Waals surface area contributed by atoms with Crippen molar-refractivity contribution in [3.8, 4) is 0 Å². The largest absolute Gasteiger partial charge is 0.497 e. The first-order valence-electron chi connectivity index (χ1n) is 4.37. The number of hydrogen-bond acceptors (Lipinski definition) is 5. The zero-order valence-corrected chi connectivity index (χ0v) is 9.62. The van der Waals surface area contributed by atoms with E-state index in [1.165, 1.54) is 21.1 Å². The standard InChI is InChI=1S/C10H16O5/c1-7(11)15-10(2,3)8(13-4)6-9(12)14-5/h6H,1-5H3/b8-6-. The van der Waals surface area contributed by atoms with E-state index >= 15 is 0 Å². The third-order valence-electron chi connectivity index (χ3n) is 1.66. The van der Waals surface area contributed by atoms with Crippen LogP contribution in [0.3, 0.4) is 0 Å². The molecule has 0 spiro atoms. The molecule has 0 N–H and O–H groups in total. The molecule has 0 aromatic carbocycles. The second kappa shape index (κ2) is 5.38. The van der Waals surface area contributed by atoms with Gasteiger partial charge in [0.1, 0.15) is 5.76 Å². The molecule has 0 radical (unpaired) electrons. The van der Waals surface area contributed by atoms with Gasteiger partial charge in [0.2, 0.25) is 0 Å². The van der Waals surface area contributed by atoms with Crippen molar-refractivity contribution < 1.29 is 23.8 Å². The second-order valence-electron chi connectivity index (χ2n) is 3.34. The molecule has 86 valence electrons. The van der Waals surface area contributed by atoms with Crippen molar-refractivity contribution in [2.45, 2.75) is 26.4 Å². The highest BCUT2D eigenvalue weighted by molar-refractivity contribution is 5.82. The van der Waals surface area contributed by atoms with Crippen LogP contribution in [-0.2, 0) is 23.8 Å². The normalized spacial score (nSPS) is 11.9. The lowest BCUT2D eigenvalue weighted by molar-refractivity contribution is -0.153. The summed E-state index contributed by atoms with van der Waals surface area (Å²) in [7, 11) is 2.64. The average Bonchev–Trinajstić information content (AvgIpc) is 2.11. The van der Waals surface area contributed by atoms with Crippen LogP contribution in [0.2, 0.25) is 0 Å². The van der Waals surface area contributed by atoms with Gasteiger partial charge in [-0.25, -0.2) is 4.79 Å². The van der Waals surface area contributed by atoms with Gasteiger partial charge < -0.3 is 14.2 Å². The minimum Gasteiger partial charge on any atom is -0.497 e. The van der Waals surface area contributed by atoms with Gasteiger partial charge in [-0.05, 0) is 13.8 Å². The fourth-order valence-electron chi connectivity index (χ4n) is 1.05. The van der Waals surface area contributed by atoms with E-state index in [1.54, 1.807) is 13.8 Å². The van der Waals surface area contributed by atoms with E-state index in [0.29, 0.717) is 0 Å². The molecule has 5 nitrogen and oxygen atoms in total. The predicted molar refractivity (Wildman–Crippen MR) is 53.0 cm³/mol. The fraction of sp³-hybridized carbons (Fsp3) is 0.600. The third-order valence-corrected chi connectivity index (χ3v) is 1.66. The number of rotatable bonds is 4. The molecule has 0 amide bonds. The van der Waals surface area contributed by atoms with Gasteiger partial charge in [-0.1, -0.05) is 0 Å². The third kappa shape index (κ3) is 4.49. The number of hydrogen-bond donors (Lipinski definition) is 0. The van der Waals surface area contributed by atoms with Crippen molar-refractivity contribution in [1.29, 1.82) is 0 Å². The molecule has 0 atom stereocenters. The van der Waals surface area contributed by atoms with Gasteiger partial charge in [-0.15, -0.1) is 0 Å². The quantitative estimate of drug-likeness (QED) is 0.399. The van der Waals surface area contributed by atoms with E-state index in [-0.39, 0.29) is 5.76 Å². The maximum absolute atomic E-state index is 11.0. The van der Waals surface area contributed by atoms with Gasteiger partial charge in [0.15, 0.2) is 5.60 Å². The van der Waals surface area contributed by atoms with Crippen molar-refractivity contribution in [1.82, 2.24) is 0 Å². The van der Waals surface area contributed by atoms with Gasteiger partial charge in [-0.2, -0.15) is 0 Å². The Morgan fingerprint density at radius 3 is 2.00 bits per heavy atom. The molecular weight excluding hydrogens is 200 g/mol. The lowest BCUT2D eigenvalue weighted by Gasteiger charge is -2.25. The summed E-state index contributed by atoms with van der Waals surface area (Å²) in [4.78, 5) is 21.8. The molecule has 0 aromatic heterocycles. The smallest absolute Gasteiger partial charge is 0.334 e. The Morgan fingerprint density at radius 1 is 1.13 bits per heavy atom. The number of carbonyl (C=O) groups is 2. The molecule has 0 aliphatic heterocycles. The van der Waals surface area contributed by atoms with Crippen LogP contribution >= 0.6 is 0 Å². The zero-order valence-electron chi connectivity index (χ0n) is 9.62. The number of ether oxygens (including phenoxy) is 3. The first kappa shape index (κ1) is 13.5. The van der Waals surface area contributed by atoms with Gasteiger partial charge in [0.25, 0.3) is 0 Å².